The third kappa shape index (κ3) is 2.81. The van der Waals surface area contributed by atoms with Crippen LogP contribution < -0.4 is 5.32 Å². The van der Waals surface area contributed by atoms with Crippen molar-refractivity contribution in [1.82, 2.24) is 10.3 Å². The van der Waals surface area contributed by atoms with Crippen molar-refractivity contribution in [2.75, 3.05) is 6.61 Å². The van der Waals surface area contributed by atoms with Crippen molar-refractivity contribution in [3.05, 3.63) is 35.5 Å². The third-order valence-corrected chi connectivity index (χ3v) is 4.51. The quantitative estimate of drug-likeness (QED) is 0.789. The monoisotopic (exact) mass is 286 g/mol. The molecule has 1 atom stereocenters. The number of carbonyl (C=O) groups is 1. The largest absolute Gasteiger partial charge is 0.394 e. The van der Waals surface area contributed by atoms with Crippen LogP contribution in [0.15, 0.2) is 24.4 Å². The Bertz CT molecular complexity index is 672. The zero-order valence-corrected chi connectivity index (χ0v) is 12.6. The average Bonchev–Trinajstić information content (AvgIpc) is 3.23. The number of benzene rings is 1. The van der Waals surface area contributed by atoms with Crippen LogP contribution in [-0.4, -0.2) is 28.1 Å². The van der Waals surface area contributed by atoms with Gasteiger partial charge in [0, 0.05) is 17.1 Å². The van der Waals surface area contributed by atoms with E-state index in [0.29, 0.717) is 12.3 Å². The molecule has 3 rings (SSSR count). The molecule has 0 bridgehead atoms. The summed E-state index contributed by atoms with van der Waals surface area (Å²) in [5, 5.41) is 13.7. The van der Waals surface area contributed by atoms with Gasteiger partial charge >= 0.3 is 0 Å². The molecule has 1 saturated carbocycles. The van der Waals surface area contributed by atoms with Gasteiger partial charge in [0.25, 0.3) is 0 Å². The molecule has 21 heavy (non-hydrogen) atoms. The molecule has 1 aliphatic carbocycles. The molecule has 112 valence electrons. The highest BCUT2D eigenvalue weighted by molar-refractivity contribution is 5.89. The number of rotatable bonds is 5. The molecule has 4 heteroatoms. The number of fused-ring (bicyclic) bond motifs is 1. The van der Waals surface area contributed by atoms with Gasteiger partial charge in [0.15, 0.2) is 0 Å². The zero-order chi connectivity index (χ0) is 15.0. The maximum Gasteiger partial charge on any atom is 0.225 e. The number of hydrogen-bond acceptors (Lipinski definition) is 2. The molecule has 0 spiro atoms. The Hall–Kier alpha value is -1.81. The first-order valence-electron chi connectivity index (χ1n) is 7.50. The molecule has 1 aromatic carbocycles. The summed E-state index contributed by atoms with van der Waals surface area (Å²) in [6.07, 6.45) is 4.41. The molecule has 3 N–H and O–H groups in total. The van der Waals surface area contributed by atoms with Gasteiger partial charge in [0.05, 0.1) is 18.6 Å². The van der Waals surface area contributed by atoms with E-state index in [-0.39, 0.29) is 12.5 Å². The molecule has 0 aliphatic heterocycles. The van der Waals surface area contributed by atoms with Gasteiger partial charge in [-0.1, -0.05) is 12.1 Å². The lowest BCUT2D eigenvalue weighted by molar-refractivity contribution is -0.123. The van der Waals surface area contributed by atoms with Crippen LogP contribution in [0.25, 0.3) is 10.9 Å². The lowest BCUT2D eigenvalue weighted by Crippen LogP contribution is -2.51. The fraction of sp³-hybridized carbons (Fsp3) is 0.471. The van der Waals surface area contributed by atoms with Crippen LogP contribution in [0, 0.1) is 12.8 Å². The van der Waals surface area contributed by atoms with E-state index in [0.717, 1.165) is 29.3 Å². The second-order valence-corrected chi connectivity index (χ2v) is 6.44. The average molecular weight is 286 g/mol. The van der Waals surface area contributed by atoms with Crippen molar-refractivity contribution in [1.29, 1.82) is 0 Å². The van der Waals surface area contributed by atoms with Gasteiger partial charge in [0.2, 0.25) is 5.91 Å². The van der Waals surface area contributed by atoms with E-state index in [4.69, 9.17) is 0 Å². The lowest BCUT2D eigenvalue weighted by atomic mass is 9.96. The number of aliphatic hydroxyl groups excluding tert-OH is 1. The molecule has 2 aromatic rings. The van der Waals surface area contributed by atoms with E-state index in [2.05, 4.69) is 35.4 Å². The summed E-state index contributed by atoms with van der Waals surface area (Å²) in [7, 11) is 0. The number of amides is 1. The maximum absolute atomic E-state index is 12.3. The summed E-state index contributed by atoms with van der Waals surface area (Å²) in [5.41, 5.74) is 2.78. The van der Waals surface area contributed by atoms with Crippen LogP contribution in [0.5, 0.6) is 0 Å². The minimum atomic E-state index is -0.472. The Balaban J connectivity index is 1.74. The molecular weight excluding hydrogens is 264 g/mol. The lowest BCUT2D eigenvalue weighted by Gasteiger charge is -2.28. The highest BCUT2D eigenvalue weighted by Crippen LogP contribution is 2.39. The normalized spacial score (nSPS) is 17.7. The number of aromatic nitrogens is 1. The zero-order valence-electron chi connectivity index (χ0n) is 12.6. The smallest absolute Gasteiger partial charge is 0.225 e. The highest BCUT2D eigenvalue weighted by Gasteiger charge is 2.42. The predicted molar refractivity (Wildman–Crippen MR) is 83.1 cm³/mol. The first-order chi connectivity index (χ1) is 10.0. The van der Waals surface area contributed by atoms with E-state index in [9.17, 15) is 9.90 Å². The van der Waals surface area contributed by atoms with Crippen LogP contribution in [0.1, 0.15) is 30.9 Å². The third-order valence-electron chi connectivity index (χ3n) is 4.51. The number of aliphatic hydroxyl groups is 1. The number of aromatic amines is 1. The van der Waals surface area contributed by atoms with Gasteiger partial charge in [-0.05, 0) is 49.8 Å². The fourth-order valence-corrected chi connectivity index (χ4v) is 2.97. The number of hydrogen-bond donors (Lipinski definition) is 3. The van der Waals surface area contributed by atoms with Gasteiger partial charge in [0.1, 0.15) is 0 Å². The van der Waals surface area contributed by atoms with E-state index < -0.39 is 5.54 Å². The van der Waals surface area contributed by atoms with Crippen molar-refractivity contribution in [2.45, 2.75) is 38.6 Å². The minimum Gasteiger partial charge on any atom is -0.394 e. The summed E-state index contributed by atoms with van der Waals surface area (Å²) in [6, 6.07) is 6.19. The Labute approximate surface area is 124 Å². The Kier molecular flexibility index (Phi) is 3.49. The Morgan fingerprint density at radius 1 is 1.48 bits per heavy atom. The molecule has 1 aromatic heterocycles. The predicted octanol–water partition coefficient (Wildman–Crippen LogP) is 2.30. The van der Waals surface area contributed by atoms with Crippen molar-refractivity contribution in [3.8, 4) is 0 Å². The van der Waals surface area contributed by atoms with Crippen LogP contribution in [0.4, 0.5) is 0 Å². The van der Waals surface area contributed by atoms with Gasteiger partial charge < -0.3 is 15.4 Å². The van der Waals surface area contributed by atoms with Gasteiger partial charge in [-0.3, -0.25) is 4.79 Å². The van der Waals surface area contributed by atoms with Gasteiger partial charge in [-0.25, -0.2) is 0 Å². The van der Waals surface area contributed by atoms with Crippen LogP contribution in [0.3, 0.4) is 0 Å². The number of H-pyrrole nitrogens is 1. The first kappa shape index (κ1) is 14.1. The van der Waals surface area contributed by atoms with E-state index >= 15 is 0 Å². The number of aryl methyl sites for hydroxylation is 1. The van der Waals surface area contributed by atoms with Crippen molar-refractivity contribution >= 4 is 16.8 Å². The molecule has 1 fully saturated rings. The first-order valence-corrected chi connectivity index (χ1v) is 7.50. The topological polar surface area (TPSA) is 65.1 Å². The summed E-state index contributed by atoms with van der Waals surface area (Å²) < 4.78 is 0. The second kappa shape index (κ2) is 5.19. The van der Waals surface area contributed by atoms with Gasteiger partial charge in [-0.2, -0.15) is 0 Å². The SMILES string of the molecule is Cc1ccc2c(CC(=O)NC(C)(CO)C3CC3)c[nH]c2c1. The van der Waals surface area contributed by atoms with E-state index in [1.54, 1.807) is 0 Å². The van der Waals surface area contributed by atoms with Crippen LogP contribution in [-0.2, 0) is 11.2 Å². The van der Waals surface area contributed by atoms with Crippen LogP contribution in [0.2, 0.25) is 0 Å². The van der Waals surface area contributed by atoms with Crippen molar-refractivity contribution in [2.24, 2.45) is 5.92 Å². The second-order valence-electron chi connectivity index (χ2n) is 6.44. The summed E-state index contributed by atoms with van der Waals surface area (Å²) >= 11 is 0. The van der Waals surface area contributed by atoms with E-state index in [1.165, 1.54) is 5.56 Å². The number of carbonyl (C=O) groups excluding carboxylic acids is 1. The standard InChI is InChI=1S/C17H22N2O2/c1-11-3-6-14-12(9-18-15(14)7-11)8-16(21)19-17(2,10-20)13-4-5-13/h3,6-7,9,13,18,20H,4-5,8,10H2,1-2H3,(H,19,21). The molecular formula is C17H22N2O2. The van der Waals surface area contributed by atoms with E-state index in [1.807, 2.05) is 13.1 Å². The maximum atomic E-state index is 12.3. The summed E-state index contributed by atoms with van der Waals surface area (Å²) in [6.45, 7) is 3.98. The highest BCUT2D eigenvalue weighted by atomic mass is 16.3. The molecule has 1 unspecified atom stereocenters. The summed E-state index contributed by atoms with van der Waals surface area (Å²) in [5.74, 6) is 0.386. The molecule has 0 saturated heterocycles. The summed E-state index contributed by atoms with van der Waals surface area (Å²) in [4.78, 5) is 15.5. The Morgan fingerprint density at radius 2 is 2.24 bits per heavy atom. The minimum absolute atomic E-state index is 0.00349. The molecule has 1 heterocycles. The van der Waals surface area contributed by atoms with Crippen molar-refractivity contribution < 1.29 is 9.90 Å². The molecule has 1 amide bonds. The molecule has 0 radical (unpaired) electrons. The Morgan fingerprint density at radius 3 is 2.90 bits per heavy atom. The van der Waals surface area contributed by atoms with Crippen molar-refractivity contribution in [3.63, 3.8) is 0 Å². The van der Waals surface area contributed by atoms with Crippen LogP contribution >= 0.6 is 0 Å². The van der Waals surface area contributed by atoms with Gasteiger partial charge in [-0.15, -0.1) is 0 Å². The fourth-order valence-electron chi connectivity index (χ4n) is 2.97. The molecule has 1 aliphatic rings. The molecule has 4 nitrogen and oxygen atoms in total. The number of nitrogens with one attached hydrogen (secondary N) is 2.